The zero-order valence-electron chi connectivity index (χ0n) is 7.11. The van der Waals surface area contributed by atoms with E-state index in [1.807, 2.05) is 5.16 Å². The second-order valence-electron chi connectivity index (χ2n) is 2.39. The van der Waals surface area contributed by atoms with Crippen LogP contribution < -0.4 is 0 Å². The normalized spacial score (nSPS) is 9.07. The molecular weight excluding hydrogens is 222 g/mol. The summed E-state index contributed by atoms with van der Waals surface area (Å²) in [6.07, 6.45) is 0. The van der Waals surface area contributed by atoms with Crippen molar-refractivity contribution in [2.45, 2.75) is 0 Å². The number of thiocarbonyl (C=S) groups is 1. The van der Waals surface area contributed by atoms with E-state index in [9.17, 15) is 20.2 Å². The number of aliphatic imine (C=N–C) groups is 1. The number of benzene rings is 1. The quantitative estimate of drug-likeness (QED) is 0.340. The maximum atomic E-state index is 10.5. The van der Waals surface area contributed by atoms with Crippen LogP contribution in [0.1, 0.15) is 0 Å². The molecule has 0 aliphatic carbocycles. The van der Waals surface area contributed by atoms with E-state index in [-0.39, 0.29) is 11.4 Å². The molecule has 0 bridgehead atoms. The number of non-ortho nitro benzene ring substituents is 1. The Labute approximate surface area is 88.4 Å². The van der Waals surface area contributed by atoms with Crippen molar-refractivity contribution in [1.29, 1.82) is 0 Å². The summed E-state index contributed by atoms with van der Waals surface area (Å²) in [5.41, 5.74) is -0.896. The zero-order chi connectivity index (χ0) is 11.4. The Hall–Kier alpha value is -2.18. The predicted octanol–water partition coefficient (Wildman–Crippen LogP) is 2.24. The number of isothiocyanates is 1. The fourth-order valence-corrected chi connectivity index (χ4v) is 1.01. The van der Waals surface area contributed by atoms with E-state index >= 15 is 0 Å². The summed E-state index contributed by atoms with van der Waals surface area (Å²) in [5, 5.41) is 22.9. The summed E-state index contributed by atoms with van der Waals surface area (Å²) >= 11 is 4.29. The van der Waals surface area contributed by atoms with E-state index in [1.165, 1.54) is 0 Å². The van der Waals surface area contributed by atoms with Gasteiger partial charge in [-0.3, -0.25) is 20.2 Å². The minimum absolute atomic E-state index is 0.0550. The van der Waals surface area contributed by atoms with Gasteiger partial charge < -0.3 is 0 Å². The molecule has 0 unspecified atom stereocenters. The fraction of sp³-hybridized carbons (Fsp3) is 0. The number of hydrogen-bond donors (Lipinski definition) is 0. The number of rotatable bonds is 3. The Morgan fingerprint density at radius 1 is 1.27 bits per heavy atom. The molecule has 0 fully saturated rings. The van der Waals surface area contributed by atoms with Gasteiger partial charge in [-0.15, -0.1) is 0 Å². The van der Waals surface area contributed by atoms with Crippen molar-refractivity contribution in [3.05, 3.63) is 38.4 Å². The van der Waals surface area contributed by atoms with E-state index in [0.717, 1.165) is 18.2 Å². The van der Waals surface area contributed by atoms with Crippen LogP contribution in [0.5, 0.6) is 0 Å². The molecule has 0 atom stereocenters. The van der Waals surface area contributed by atoms with Crippen LogP contribution in [0, 0.1) is 20.2 Å². The average Bonchev–Trinajstić information content (AvgIpc) is 2.18. The second-order valence-corrected chi connectivity index (χ2v) is 2.57. The largest absolute Gasteiger partial charge is 0.302 e. The highest BCUT2D eigenvalue weighted by atomic mass is 32.1. The van der Waals surface area contributed by atoms with Crippen LogP contribution in [-0.4, -0.2) is 15.0 Å². The van der Waals surface area contributed by atoms with Gasteiger partial charge >= 0.3 is 5.69 Å². The molecular formula is C7H3N3O4S. The van der Waals surface area contributed by atoms with Gasteiger partial charge in [-0.1, -0.05) is 0 Å². The highest BCUT2D eigenvalue weighted by Gasteiger charge is 2.18. The molecule has 1 rings (SSSR count). The first kappa shape index (κ1) is 10.9. The first-order valence-electron chi connectivity index (χ1n) is 3.57. The summed E-state index contributed by atoms with van der Waals surface area (Å²) < 4.78 is 0. The first-order chi connectivity index (χ1) is 7.06. The molecule has 0 spiro atoms. The number of nitro groups is 2. The monoisotopic (exact) mass is 225 g/mol. The Morgan fingerprint density at radius 3 is 2.40 bits per heavy atom. The number of nitro benzene ring substituents is 2. The van der Waals surface area contributed by atoms with Gasteiger partial charge in [0.25, 0.3) is 5.69 Å². The van der Waals surface area contributed by atoms with E-state index in [1.54, 1.807) is 0 Å². The number of hydrogen-bond acceptors (Lipinski definition) is 6. The van der Waals surface area contributed by atoms with Gasteiger partial charge in [-0.2, -0.15) is 4.99 Å². The molecule has 1 aromatic rings. The smallest absolute Gasteiger partial charge is 0.258 e. The Bertz CT molecular complexity index is 481. The van der Waals surface area contributed by atoms with Gasteiger partial charge in [-0.05, 0) is 18.3 Å². The molecule has 76 valence electrons. The third kappa shape index (κ3) is 2.39. The standard InChI is InChI=1S/C7H3N3O4S/c11-9(12)5-1-2-6(8-4-15)7(3-5)10(13)14/h1-3H. The maximum Gasteiger partial charge on any atom is 0.302 e. The highest BCUT2D eigenvalue weighted by molar-refractivity contribution is 7.78. The molecule has 1 aromatic carbocycles. The molecule has 0 saturated carbocycles. The minimum atomic E-state index is -0.765. The Morgan fingerprint density at radius 2 is 1.93 bits per heavy atom. The van der Waals surface area contributed by atoms with Crippen LogP contribution in [0.3, 0.4) is 0 Å². The maximum absolute atomic E-state index is 10.5. The van der Waals surface area contributed by atoms with Gasteiger partial charge in [0, 0.05) is 6.07 Å². The molecule has 8 heteroatoms. The van der Waals surface area contributed by atoms with Gasteiger partial charge in [0.05, 0.1) is 21.1 Å². The molecule has 7 nitrogen and oxygen atoms in total. The first-order valence-corrected chi connectivity index (χ1v) is 3.98. The average molecular weight is 225 g/mol. The predicted molar refractivity (Wildman–Crippen MR) is 54.4 cm³/mol. The van der Waals surface area contributed by atoms with Gasteiger partial charge in [0.1, 0.15) is 0 Å². The molecule has 0 aliphatic heterocycles. The fourth-order valence-electron chi connectivity index (χ4n) is 0.915. The Balaban J connectivity index is 3.39. The highest BCUT2D eigenvalue weighted by Crippen LogP contribution is 2.30. The SMILES string of the molecule is O=[N+]([O-])c1ccc(N=C=S)c([N+](=O)[O-])c1. The summed E-state index contributed by atoms with van der Waals surface area (Å²) in [6.45, 7) is 0. The molecule has 0 heterocycles. The molecule has 0 aromatic heterocycles. The Kier molecular flexibility index (Phi) is 3.17. The lowest BCUT2D eigenvalue weighted by Gasteiger charge is -1.95. The van der Waals surface area contributed by atoms with Crippen LogP contribution in [0.2, 0.25) is 0 Å². The van der Waals surface area contributed by atoms with Gasteiger partial charge in [0.2, 0.25) is 0 Å². The van der Waals surface area contributed by atoms with Crippen molar-refractivity contribution in [2.24, 2.45) is 4.99 Å². The summed E-state index contributed by atoms with van der Waals surface area (Å²) in [5.74, 6) is 0. The van der Waals surface area contributed by atoms with Gasteiger partial charge in [-0.25, -0.2) is 0 Å². The third-order valence-electron chi connectivity index (χ3n) is 1.53. The number of nitrogens with zero attached hydrogens (tertiary/aromatic N) is 3. The van der Waals surface area contributed by atoms with Crippen molar-refractivity contribution in [3.8, 4) is 0 Å². The molecule has 0 amide bonds. The molecule has 0 aliphatic rings. The molecule has 0 radical (unpaired) electrons. The van der Waals surface area contributed by atoms with Crippen molar-refractivity contribution in [3.63, 3.8) is 0 Å². The zero-order valence-corrected chi connectivity index (χ0v) is 7.93. The van der Waals surface area contributed by atoms with E-state index in [0.29, 0.717) is 0 Å². The van der Waals surface area contributed by atoms with Crippen LogP contribution >= 0.6 is 12.2 Å². The topological polar surface area (TPSA) is 98.6 Å². The van der Waals surface area contributed by atoms with E-state index < -0.39 is 15.5 Å². The lowest BCUT2D eigenvalue weighted by molar-refractivity contribution is -0.393. The van der Waals surface area contributed by atoms with Crippen molar-refractivity contribution in [2.75, 3.05) is 0 Å². The van der Waals surface area contributed by atoms with Crippen LogP contribution in [0.15, 0.2) is 23.2 Å². The second kappa shape index (κ2) is 4.36. The van der Waals surface area contributed by atoms with Crippen LogP contribution in [-0.2, 0) is 0 Å². The summed E-state index contributed by atoms with van der Waals surface area (Å²) in [4.78, 5) is 22.8. The summed E-state index contributed by atoms with van der Waals surface area (Å²) in [6, 6.07) is 3.08. The van der Waals surface area contributed by atoms with Crippen molar-refractivity contribution >= 4 is 34.4 Å². The van der Waals surface area contributed by atoms with Crippen LogP contribution in [0.25, 0.3) is 0 Å². The summed E-state index contributed by atoms with van der Waals surface area (Å²) in [7, 11) is 0. The van der Waals surface area contributed by atoms with Gasteiger partial charge in [0.15, 0.2) is 5.69 Å². The van der Waals surface area contributed by atoms with Crippen LogP contribution in [0.4, 0.5) is 17.1 Å². The molecule has 0 N–H and O–H groups in total. The van der Waals surface area contributed by atoms with Crippen molar-refractivity contribution < 1.29 is 9.85 Å². The lowest BCUT2D eigenvalue weighted by Crippen LogP contribution is -1.92. The molecule has 15 heavy (non-hydrogen) atoms. The minimum Gasteiger partial charge on any atom is -0.258 e. The third-order valence-corrected chi connectivity index (χ3v) is 1.62. The lowest BCUT2D eigenvalue weighted by atomic mass is 10.2. The van der Waals surface area contributed by atoms with E-state index in [2.05, 4.69) is 17.2 Å². The molecule has 0 saturated heterocycles. The van der Waals surface area contributed by atoms with E-state index in [4.69, 9.17) is 0 Å². The van der Waals surface area contributed by atoms with Crippen molar-refractivity contribution in [1.82, 2.24) is 0 Å².